The van der Waals surface area contributed by atoms with Crippen molar-refractivity contribution in [3.05, 3.63) is 54.1 Å². The number of nitrogen functional groups attached to an aromatic ring is 1. The summed E-state index contributed by atoms with van der Waals surface area (Å²) in [6.07, 6.45) is 3.19. The lowest BCUT2D eigenvalue weighted by molar-refractivity contribution is 0.0986. The Labute approximate surface area is 117 Å². The topological polar surface area (TPSA) is 59.2 Å². The highest BCUT2D eigenvalue weighted by atomic mass is 19.1. The van der Waals surface area contributed by atoms with Crippen LogP contribution in [0.2, 0.25) is 0 Å². The predicted octanol–water partition coefficient (Wildman–Crippen LogP) is 2.86. The van der Waals surface area contributed by atoms with E-state index in [9.17, 15) is 9.18 Å². The number of nitrogens with zero attached hydrogens (tertiary/aromatic N) is 2. The van der Waals surface area contributed by atoms with E-state index < -0.39 is 5.82 Å². The van der Waals surface area contributed by atoms with E-state index in [2.05, 4.69) is 4.98 Å². The van der Waals surface area contributed by atoms with E-state index in [-0.39, 0.29) is 11.5 Å². The first-order valence-electron chi connectivity index (χ1n) is 6.40. The lowest BCUT2D eigenvalue weighted by Gasteiger charge is -2.23. The normalized spacial score (nSPS) is 10.3. The SMILES string of the molecule is CCCN(C(=O)c1cncc(F)c1)c1ccccc1N. The summed E-state index contributed by atoms with van der Waals surface area (Å²) in [7, 11) is 0. The molecule has 0 radical (unpaired) electrons. The van der Waals surface area contributed by atoms with E-state index in [1.807, 2.05) is 13.0 Å². The van der Waals surface area contributed by atoms with Gasteiger partial charge in [-0.1, -0.05) is 19.1 Å². The lowest BCUT2D eigenvalue weighted by atomic mass is 10.2. The van der Waals surface area contributed by atoms with Gasteiger partial charge in [0.25, 0.3) is 5.91 Å². The van der Waals surface area contributed by atoms with Gasteiger partial charge in [0.1, 0.15) is 5.82 Å². The average molecular weight is 273 g/mol. The number of para-hydroxylation sites is 2. The third-order valence-electron chi connectivity index (χ3n) is 2.87. The zero-order valence-corrected chi connectivity index (χ0v) is 11.2. The molecule has 1 aromatic carbocycles. The van der Waals surface area contributed by atoms with Crippen LogP contribution in [0.5, 0.6) is 0 Å². The van der Waals surface area contributed by atoms with Crippen LogP contribution in [0.3, 0.4) is 0 Å². The van der Waals surface area contributed by atoms with Crippen LogP contribution in [0.4, 0.5) is 15.8 Å². The number of hydrogen-bond acceptors (Lipinski definition) is 3. The molecular weight excluding hydrogens is 257 g/mol. The minimum atomic E-state index is -0.534. The number of hydrogen-bond donors (Lipinski definition) is 1. The van der Waals surface area contributed by atoms with Crippen molar-refractivity contribution in [1.82, 2.24) is 4.98 Å². The van der Waals surface area contributed by atoms with Crippen molar-refractivity contribution in [2.24, 2.45) is 0 Å². The molecular formula is C15H16FN3O. The summed E-state index contributed by atoms with van der Waals surface area (Å²) in [5.74, 6) is -0.843. The van der Waals surface area contributed by atoms with Gasteiger partial charge in [-0.15, -0.1) is 0 Å². The minimum Gasteiger partial charge on any atom is -0.397 e. The number of nitrogens with two attached hydrogens (primary N) is 1. The second kappa shape index (κ2) is 6.14. The van der Waals surface area contributed by atoms with E-state index >= 15 is 0 Å². The largest absolute Gasteiger partial charge is 0.397 e. The number of halogens is 1. The quantitative estimate of drug-likeness (QED) is 0.871. The molecule has 0 saturated heterocycles. The summed E-state index contributed by atoms with van der Waals surface area (Å²) < 4.78 is 13.2. The van der Waals surface area contributed by atoms with E-state index in [4.69, 9.17) is 5.73 Å². The number of benzene rings is 1. The molecule has 5 heteroatoms. The van der Waals surface area contributed by atoms with Crippen molar-refractivity contribution in [3.63, 3.8) is 0 Å². The summed E-state index contributed by atoms with van der Waals surface area (Å²) >= 11 is 0. The number of anilines is 2. The van der Waals surface area contributed by atoms with Gasteiger partial charge in [-0.2, -0.15) is 0 Å². The van der Waals surface area contributed by atoms with Crippen LogP contribution >= 0.6 is 0 Å². The molecule has 0 atom stereocenters. The smallest absolute Gasteiger partial charge is 0.260 e. The van der Waals surface area contributed by atoms with Gasteiger partial charge in [0.05, 0.1) is 23.1 Å². The molecule has 1 heterocycles. The highest BCUT2D eigenvalue weighted by Crippen LogP contribution is 2.24. The van der Waals surface area contributed by atoms with Gasteiger partial charge < -0.3 is 10.6 Å². The van der Waals surface area contributed by atoms with Crippen molar-refractivity contribution < 1.29 is 9.18 Å². The molecule has 1 aromatic heterocycles. The molecule has 2 N–H and O–H groups in total. The van der Waals surface area contributed by atoms with Crippen LogP contribution in [0, 0.1) is 5.82 Å². The summed E-state index contributed by atoms with van der Waals surface area (Å²) in [6.45, 7) is 2.47. The maximum absolute atomic E-state index is 13.2. The maximum atomic E-state index is 13.2. The summed E-state index contributed by atoms with van der Waals surface area (Å²) in [5.41, 5.74) is 7.26. The monoisotopic (exact) mass is 273 g/mol. The van der Waals surface area contributed by atoms with E-state index in [0.29, 0.717) is 17.9 Å². The molecule has 0 aliphatic rings. The Morgan fingerprint density at radius 2 is 2.10 bits per heavy atom. The van der Waals surface area contributed by atoms with Crippen LogP contribution in [0.1, 0.15) is 23.7 Å². The molecule has 104 valence electrons. The Morgan fingerprint density at radius 1 is 1.35 bits per heavy atom. The Morgan fingerprint density at radius 3 is 2.75 bits per heavy atom. The maximum Gasteiger partial charge on any atom is 0.260 e. The molecule has 2 aromatic rings. The molecule has 0 aliphatic heterocycles. The third kappa shape index (κ3) is 2.93. The van der Waals surface area contributed by atoms with Crippen molar-refractivity contribution in [1.29, 1.82) is 0 Å². The number of aromatic nitrogens is 1. The lowest BCUT2D eigenvalue weighted by Crippen LogP contribution is -2.32. The van der Waals surface area contributed by atoms with Crippen LogP contribution < -0.4 is 10.6 Å². The van der Waals surface area contributed by atoms with Gasteiger partial charge in [0.15, 0.2) is 0 Å². The van der Waals surface area contributed by atoms with Gasteiger partial charge in [0, 0.05) is 12.7 Å². The second-order valence-corrected chi connectivity index (χ2v) is 4.41. The summed E-state index contributed by atoms with van der Waals surface area (Å²) in [4.78, 5) is 17.8. The Bertz CT molecular complexity index is 616. The molecule has 0 fully saturated rings. The number of amides is 1. The Hall–Kier alpha value is -2.43. The molecule has 0 bridgehead atoms. The summed E-state index contributed by atoms with van der Waals surface area (Å²) in [5, 5.41) is 0. The number of rotatable bonds is 4. The van der Waals surface area contributed by atoms with Crippen LogP contribution in [0.15, 0.2) is 42.7 Å². The molecule has 4 nitrogen and oxygen atoms in total. The highest BCUT2D eigenvalue weighted by Gasteiger charge is 2.19. The third-order valence-corrected chi connectivity index (χ3v) is 2.87. The van der Waals surface area contributed by atoms with E-state index in [1.165, 1.54) is 12.3 Å². The fraction of sp³-hybridized carbons (Fsp3) is 0.200. The zero-order chi connectivity index (χ0) is 14.5. The van der Waals surface area contributed by atoms with Crippen LogP contribution in [-0.2, 0) is 0 Å². The van der Waals surface area contributed by atoms with Crippen molar-refractivity contribution in [3.8, 4) is 0 Å². The first kappa shape index (κ1) is 14.0. The Balaban J connectivity index is 2.39. The van der Waals surface area contributed by atoms with Crippen molar-refractivity contribution in [2.75, 3.05) is 17.2 Å². The molecule has 1 amide bonds. The zero-order valence-electron chi connectivity index (χ0n) is 11.2. The fourth-order valence-electron chi connectivity index (χ4n) is 1.97. The number of carbonyl (C=O) groups excluding carboxylic acids is 1. The molecule has 0 spiro atoms. The van der Waals surface area contributed by atoms with Crippen LogP contribution in [-0.4, -0.2) is 17.4 Å². The number of pyridine rings is 1. The average Bonchev–Trinajstić information content (AvgIpc) is 2.45. The van der Waals surface area contributed by atoms with Crippen LogP contribution in [0.25, 0.3) is 0 Å². The second-order valence-electron chi connectivity index (χ2n) is 4.41. The molecule has 20 heavy (non-hydrogen) atoms. The van der Waals surface area contributed by atoms with Gasteiger partial charge >= 0.3 is 0 Å². The Kier molecular flexibility index (Phi) is 4.30. The van der Waals surface area contributed by atoms with Gasteiger partial charge in [-0.3, -0.25) is 9.78 Å². The van der Waals surface area contributed by atoms with E-state index in [1.54, 1.807) is 23.1 Å². The van der Waals surface area contributed by atoms with Crippen molar-refractivity contribution >= 4 is 17.3 Å². The number of carbonyl (C=O) groups is 1. The van der Waals surface area contributed by atoms with Gasteiger partial charge in [-0.25, -0.2) is 4.39 Å². The molecule has 2 rings (SSSR count). The predicted molar refractivity (Wildman–Crippen MR) is 77.0 cm³/mol. The fourth-order valence-corrected chi connectivity index (χ4v) is 1.97. The molecule has 0 saturated carbocycles. The first-order chi connectivity index (χ1) is 9.63. The van der Waals surface area contributed by atoms with Crippen molar-refractivity contribution in [2.45, 2.75) is 13.3 Å². The van der Waals surface area contributed by atoms with Gasteiger partial charge in [0.2, 0.25) is 0 Å². The summed E-state index contributed by atoms with van der Waals surface area (Å²) in [6, 6.07) is 8.30. The molecule has 0 aliphatic carbocycles. The first-order valence-corrected chi connectivity index (χ1v) is 6.40. The standard InChI is InChI=1S/C15H16FN3O/c1-2-7-19(14-6-4-3-5-13(14)17)15(20)11-8-12(16)10-18-9-11/h3-6,8-10H,2,7,17H2,1H3. The minimum absolute atomic E-state index is 0.210. The van der Waals surface area contributed by atoms with E-state index in [0.717, 1.165) is 12.6 Å². The van der Waals surface area contributed by atoms with Gasteiger partial charge in [-0.05, 0) is 24.6 Å². The highest BCUT2D eigenvalue weighted by molar-refractivity contribution is 6.07. The molecule has 0 unspecified atom stereocenters.